The Balaban J connectivity index is 2.76. The molecule has 0 saturated carbocycles. The Kier molecular flexibility index (Phi) is 11.6. The van der Waals surface area contributed by atoms with E-state index in [-0.39, 0.29) is 0 Å². The van der Waals surface area contributed by atoms with Crippen LogP contribution in [0.5, 0.6) is 5.75 Å². The molecule has 0 N–H and O–H groups in total. The predicted octanol–water partition coefficient (Wildman–Crippen LogP) is 7.56. The fourth-order valence-corrected chi connectivity index (χ4v) is 18.6. The van der Waals surface area contributed by atoms with Crippen LogP contribution < -0.4 is 4.74 Å². The first-order valence-corrected chi connectivity index (χ1v) is 18.1. The molecule has 0 spiro atoms. The number of rotatable bonds is 13. The molecule has 1 rings (SSSR count). The van der Waals surface area contributed by atoms with E-state index in [0.29, 0.717) is 0 Å². The molecule has 0 aliphatic rings. The zero-order valence-electron chi connectivity index (χ0n) is 16.4. The third kappa shape index (κ3) is 8.09. The zero-order valence-corrected chi connectivity index (χ0v) is 19.3. The van der Waals surface area contributed by atoms with E-state index >= 15 is 0 Å². The second-order valence-electron chi connectivity index (χ2n) is 7.19. The average Bonchev–Trinajstić information content (AvgIpc) is 2.63. The van der Waals surface area contributed by atoms with E-state index in [1.165, 1.54) is 48.5 Å². The third-order valence-corrected chi connectivity index (χ3v) is 20.4. The second-order valence-corrected chi connectivity index (χ2v) is 21.2. The van der Waals surface area contributed by atoms with Crippen LogP contribution in [0.25, 0.3) is 6.08 Å². The van der Waals surface area contributed by atoms with E-state index < -0.39 is 18.4 Å². The van der Waals surface area contributed by atoms with Crippen LogP contribution in [0.1, 0.15) is 64.9 Å². The number of ether oxygens (including phenoxy) is 1. The minimum absolute atomic E-state index is 0.939. The number of methoxy groups -OCH3 is 1. The normalized spacial score (nSPS) is 12.0. The molecule has 2 heteroatoms. The molecule has 0 aliphatic carbocycles. The summed E-state index contributed by atoms with van der Waals surface area (Å²) in [4.78, 5) is 0. The van der Waals surface area contributed by atoms with E-state index in [1.807, 2.05) is 0 Å². The first kappa shape index (κ1) is 21.6. The molecule has 24 heavy (non-hydrogen) atoms. The van der Waals surface area contributed by atoms with Crippen molar-refractivity contribution in [2.45, 2.75) is 77.0 Å². The van der Waals surface area contributed by atoms with Gasteiger partial charge in [-0.15, -0.1) is 0 Å². The Morgan fingerprint density at radius 1 is 0.833 bits per heavy atom. The average molecular weight is 437 g/mol. The standard InChI is InChI=1S/C10H11O.3C4H9.Sn/c1-3-4-9-5-7-10(11-2)8-6-9;3*1-3-4-2;/h3-8H,1H2,2H3;3*1,3-4H2,2H3;/b4-3+;;;;. The van der Waals surface area contributed by atoms with Crippen LogP contribution in [-0.2, 0) is 0 Å². The summed E-state index contributed by atoms with van der Waals surface area (Å²) >= 11 is -1.99. The van der Waals surface area contributed by atoms with Gasteiger partial charge in [0.25, 0.3) is 0 Å². The Hall–Kier alpha value is -0.441. The minimum atomic E-state index is -1.99. The SMILES string of the molecule is CCC[CH2][Sn]([CH2]/C=C/c1ccc(OC)cc1)([CH2]CCC)[CH2]CCC. The number of hydrogen-bond acceptors (Lipinski definition) is 1. The van der Waals surface area contributed by atoms with E-state index in [2.05, 4.69) is 57.2 Å². The van der Waals surface area contributed by atoms with Gasteiger partial charge >= 0.3 is 155 Å². The molecule has 0 fully saturated rings. The van der Waals surface area contributed by atoms with Crippen molar-refractivity contribution in [2.24, 2.45) is 0 Å². The Morgan fingerprint density at radius 2 is 1.33 bits per heavy atom. The van der Waals surface area contributed by atoms with Crippen LogP contribution in [0.2, 0.25) is 17.7 Å². The first-order valence-electron chi connectivity index (χ1n) is 10.00. The molecule has 0 atom stereocenters. The van der Waals surface area contributed by atoms with Crippen LogP contribution in [0.15, 0.2) is 30.3 Å². The number of unbranched alkanes of at least 4 members (excludes halogenated alkanes) is 3. The van der Waals surface area contributed by atoms with Crippen molar-refractivity contribution in [1.29, 1.82) is 0 Å². The summed E-state index contributed by atoms with van der Waals surface area (Å²) in [6.45, 7) is 7.05. The number of hydrogen-bond donors (Lipinski definition) is 0. The quantitative estimate of drug-likeness (QED) is 0.290. The van der Waals surface area contributed by atoms with Gasteiger partial charge in [0.2, 0.25) is 0 Å². The van der Waals surface area contributed by atoms with Crippen molar-refractivity contribution >= 4 is 24.5 Å². The summed E-state index contributed by atoms with van der Waals surface area (Å²) in [5, 5.41) is 0. The number of allylic oxidation sites excluding steroid dienone is 1. The fourth-order valence-electron chi connectivity index (χ4n) is 3.50. The van der Waals surface area contributed by atoms with Crippen LogP contribution in [0, 0.1) is 0 Å². The molecular weight excluding hydrogens is 399 g/mol. The van der Waals surface area contributed by atoms with Crippen molar-refractivity contribution < 1.29 is 4.74 Å². The summed E-state index contributed by atoms with van der Waals surface area (Å²) in [7, 11) is 1.73. The molecule has 0 heterocycles. The van der Waals surface area contributed by atoms with Gasteiger partial charge in [-0.05, 0) is 0 Å². The van der Waals surface area contributed by atoms with Gasteiger partial charge in [0.1, 0.15) is 0 Å². The molecule has 0 aliphatic heterocycles. The summed E-state index contributed by atoms with van der Waals surface area (Å²) < 4.78 is 11.5. The van der Waals surface area contributed by atoms with E-state index in [4.69, 9.17) is 4.74 Å². The molecule has 1 nitrogen and oxygen atoms in total. The van der Waals surface area contributed by atoms with Gasteiger partial charge in [-0.1, -0.05) is 0 Å². The van der Waals surface area contributed by atoms with Gasteiger partial charge in [-0.25, -0.2) is 0 Å². The Bertz CT molecular complexity index is 428. The Morgan fingerprint density at radius 3 is 1.75 bits per heavy atom. The topological polar surface area (TPSA) is 9.23 Å². The summed E-state index contributed by atoms with van der Waals surface area (Å²) in [6, 6.07) is 8.44. The second kappa shape index (κ2) is 12.9. The molecule has 0 saturated heterocycles. The Labute approximate surface area is 154 Å². The van der Waals surface area contributed by atoms with Gasteiger partial charge in [0.15, 0.2) is 0 Å². The summed E-state index contributed by atoms with van der Waals surface area (Å²) in [5.74, 6) is 0.939. The number of benzene rings is 1. The molecule has 0 amide bonds. The fraction of sp³-hybridized carbons (Fsp3) is 0.636. The molecule has 0 bridgehead atoms. The van der Waals surface area contributed by atoms with Gasteiger partial charge in [-0.3, -0.25) is 0 Å². The van der Waals surface area contributed by atoms with Gasteiger partial charge in [0, 0.05) is 0 Å². The van der Waals surface area contributed by atoms with Crippen molar-refractivity contribution in [3.63, 3.8) is 0 Å². The van der Waals surface area contributed by atoms with Crippen molar-refractivity contribution in [3.05, 3.63) is 35.9 Å². The maximum absolute atomic E-state index is 5.25. The van der Waals surface area contributed by atoms with E-state index in [1.54, 1.807) is 20.4 Å². The van der Waals surface area contributed by atoms with Gasteiger partial charge < -0.3 is 0 Å². The zero-order chi connectivity index (χ0) is 17.7. The molecule has 1 aromatic carbocycles. The first-order chi connectivity index (χ1) is 11.7. The van der Waals surface area contributed by atoms with Crippen molar-refractivity contribution in [1.82, 2.24) is 0 Å². The molecule has 1 aromatic rings. The van der Waals surface area contributed by atoms with E-state index in [9.17, 15) is 0 Å². The maximum atomic E-state index is 5.25. The van der Waals surface area contributed by atoms with Crippen LogP contribution >= 0.6 is 0 Å². The molecule has 0 radical (unpaired) electrons. The molecule has 0 aromatic heterocycles. The van der Waals surface area contributed by atoms with Crippen LogP contribution in [0.4, 0.5) is 0 Å². The van der Waals surface area contributed by atoms with Crippen LogP contribution in [-0.4, -0.2) is 25.5 Å². The van der Waals surface area contributed by atoms with Gasteiger partial charge in [-0.2, -0.15) is 0 Å². The summed E-state index contributed by atoms with van der Waals surface area (Å²) in [5.41, 5.74) is 1.30. The van der Waals surface area contributed by atoms with Crippen molar-refractivity contribution in [3.8, 4) is 5.75 Å². The van der Waals surface area contributed by atoms with Crippen molar-refractivity contribution in [2.75, 3.05) is 7.11 Å². The monoisotopic (exact) mass is 438 g/mol. The predicted molar refractivity (Wildman–Crippen MR) is 112 cm³/mol. The third-order valence-electron chi connectivity index (χ3n) is 5.16. The van der Waals surface area contributed by atoms with Crippen LogP contribution in [0.3, 0.4) is 0 Å². The molecule has 0 unspecified atom stereocenters. The molecule has 136 valence electrons. The van der Waals surface area contributed by atoms with E-state index in [0.717, 1.165) is 5.75 Å². The molecular formula is C22H38OSn. The summed E-state index contributed by atoms with van der Waals surface area (Å²) in [6.07, 6.45) is 13.3. The van der Waals surface area contributed by atoms with Gasteiger partial charge in [0.05, 0.1) is 0 Å².